The van der Waals surface area contributed by atoms with Gasteiger partial charge in [0.05, 0.1) is 10.5 Å². The second-order valence-corrected chi connectivity index (χ2v) is 9.97. The van der Waals surface area contributed by atoms with Gasteiger partial charge < -0.3 is 19.5 Å². The molecule has 1 amide bonds. The minimum Gasteiger partial charge on any atom is -0.452 e. The van der Waals surface area contributed by atoms with E-state index in [1.165, 1.54) is 30.3 Å². The van der Waals surface area contributed by atoms with E-state index in [-0.39, 0.29) is 27.6 Å². The summed E-state index contributed by atoms with van der Waals surface area (Å²) in [5.41, 5.74) is -0.182. The molecule has 0 radical (unpaired) electrons. The number of carbonyl (C=O) groups is 2. The van der Waals surface area contributed by atoms with Gasteiger partial charge in [-0.05, 0) is 57.5 Å². The molecule has 0 aliphatic carbocycles. The first-order valence-electron chi connectivity index (χ1n) is 9.67. The highest BCUT2D eigenvalue weighted by molar-refractivity contribution is 7.89. The standard InChI is InChI=1S/C21H22F2N2O7S/c1-12-5-7-14(33(28,29)25-20(2,3)4)10-15(12)19(27)30-11-18(26)24-13-6-8-16-17(9-13)32-21(22,23)31-16/h5-10,25H,11H2,1-4H3,(H,24,26). The van der Waals surface area contributed by atoms with Crippen LogP contribution < -0.4 is 19.5 Å². The van der Waals surface area contributed by atoms with Gasteiger partial charge in [-0.25, -0.2) is 17.9 Å². The lowest BCUT2D eigenvalue weighted by Gasteiger charge is -2.20. The zero-order chi connectivity index (χ0) is 24.6. The SMILES string of the molecule is Cc1ccc(S(=O)(=O)NC(C)(C)C)cc1C(=O)OCC(=O)Nc1ccc2c(c1)OC(F)(F)O2. The summed E-state index contributed by atoms with van der Waals surface area (Å²) in [5.74, 6) is -2.09. The van der Waals surface area contributed by atoms with Crippen molar-refractivity contribution in [3.05, 3.63) is 47.5 Å². The molecular weight excluding hydrogens is 462 g/mol. The van der Waals surface area contributed by atoms with Gasteiger partial charge in [-0.2, -0.15) is 0 Å². The Bertz CT molecular complexity index is 1210. The highest BCUT2D eigenvalue weighted by Crippen LogP contribution is 2.42. The third kappa shape index (κ3) is 6.17. The van der Waals surface area contributed by atoms with Crippen molar-refractivity contribution in [3.63, 3.8) is 0 Å². The molecule has 3 rings (SSSR count). The van der Waals surface area contributed by atoms with Crippen molar-refractivity contribution in [2.45, 2.75) is 44.4 Å². The Kier molecular flexibility index (Phi) is 6.35. The molecule has 0 spiro atoms. The maximum absolute atomic E-state index is 13.1. The Hall–Kier alpha value is -3.25. The van der Waals surface area contributed by atoms with E-state index in [2.05, 4.69) is 19.5 Å². The van der Waals surface area contributed by atoms with Crippen molar-refractivity contribution in [2.24, 2.45) is 0 Å². The lowest BCUT2D eigenvalue weighted by Crippen LogP contribution is -2.40. The highest BCUT2D eigenvalue weighted by atomic mass is 32.2. The summed E-state index contributed by atoms with van der Waals surface area (Å²) >= 11 is 0. The number of rotatable bonds is 6. The maximum atomic E-state index is 13.1. The van der Waals surface area contributed by atoms with E-state index in [9.17, 15) is 26.8 Å². The molecule has 0 atom stereocenters. The van der Waals surface area contributed by atoms with E-state index >= 15 is 0 Å². The van der Waals surface area contributed by atoms with Crippen molar-refractivity contribution in [2.75, 3.05) is 11.9 Å². The van der Waals surface area contributed by atoms with Crippen LogP contribution in [0.25, 0.3) is 0 Å². The Morgan fingerprint density at radius 3 is 2.39 bits per heavy atom. The van der Waals surface area contributed by atoms with Crippen molar-refractivity contribution < 1.29 is 41.0 Å². The van der Waals surface area contributed by atoms with Crippen molar-refractivity contribution in [1.82, 2.24) is 4.72 Å². The number of sulfonamides is 1. The quantitative estimate of drug-likeness (QED) is 0.604. The number of esters is 1. The van der Waals surface area contributed by atoms with Crippen LogP contribution in [0.5, 0.6) is 11.5 Å². The number of aryl methyl sites for hydroxylation is 1. The fourth-order valence-corrected chi connectivity index (χ4v) is 4.33. The van der Waals surface area contributed by atoms with E-state index in [0.717, 1.165) is 6.07 Å². The minimum absolute atomic E-state index is 0.0232. The molecule has 0 saturated heterocycles. The summed E-state index contributed by atoms with van der Waals surface area (Å²) in [4.78, 5) is 24.5. The minimum atomic E-state index is -3.89. The van der Waals surface area contributed by atoms with Crippen molar-refractivity contribution >= 4 is 27.6 Å². The number of hydrogen-bond acceptors (Lipinski definition) is 7. The number of nitrogens with one attached hydrogen (secondary N) is 2. The molecule has 0 unspecified atom stereocenters. The molecule has 0 bridgehead atoms. The third-order valence-electron chi connectivity index (χ3n) is 4.20. The second-order valence-electron chi connectivity index (χ2n) is 8.29. The monoisotopic (exact) mass is 484 g/mol. The number of halogens is 2. The number of benzene rings is 2. The summed E-state index contributed by atoms with van der Waals surface area (Å²) in [6.45, 7) is 5.93. The first-order valence-corrected chi connectivity index (χ1v) is 11.1. The van der Waals surface area contributed by atoms with E-state index in [1.807, 2.05) is 0 Å². The van der Waals surface area contributed by atoms with Gasteiger partial charge in [0.2, 0.25) is 10.0 Å². The van der Waals surface area contributed by atoms with Crippen LogP contribution in [-0.4, -0.2) is 38.7 Å². The highest BCUT2D eigenvalue weighted by Gasteiger charge is 2.43. The topological polar surface area (TPSA) is 120 Å². The molecule has 1 aliphatic rings. The lowest BCUT2D eigenvalue weighted by atomic mass is 10.1. The number of carbonyl (C=O) groups excluding carboxylic acids is 2. The number of fused-ring (bicyclic) bond motifs is 1. The summed E-state index contributed by atoms with van der Waals surface area (Å²) in [5, 5.41) is 2.38. The molecular formula is C21H22F2N2O7S. The molecule has 0 fully saturated rings. The van der Waals surface area contributed by atoms with Crippen LogP contribution >= 0.6 is 0 Å². The average molecular weight is 484 g/mol. The van der Waals surface area contributed by atoms with Gasteiger partial charge in [-0.3, -0.25) is 4.79 Å². The largest absolute Gasteiger partial charge is 0.586 e. The number of anilines is 1. The number of alkyl halides is 2. The Balaban J connectivity index is 1.65. The fraction of sp³-hybridized carbons (Fsp3) is 0.333. The van der Waals surface area contributed by atoms with Gasteiger partial charge in [0.15, 0.2) is 18.1 Å². The Labute approximate surface area is 189 Å². The molecule has 0 aromatic heterocycles. The van der Waals surface area contributed by atoms with E-state index in [0.29, 0.717) is 5.56 Å². The van der Waals surface area contributed by atoms with Crippen molar-refractivity contribution in [1.29, 1.82) is 0 Å². The van der Waals surface area contributed by atoms with Gasteiger partial charge in [0.25, 0.3) is 5.91 Å². The first kappa shape index (κ1) is 24.4. The van der Waals surface area contributed by atoms with Crippen LogP contribution in [0.2, 0.25) is 0 Å². The van der Waals surface area contributed by atoms with E-state index in [1.54, 1.807) is 27.7 Å². The summed E-state index contributed by atoms with van der Waals surface area (Å²) in [7, 11) is -3.89. The molecule has 1 aliphatic heterocycles. The normalized spacial score (nSPS) is 14.6. The first-order chi connectivity index (χ1) is 15.2. The van der Waals surface area contributed by atoms with Gasteiger partial charge in [0, 0.05) is 17.3 Å². The molecule has 2 N–H and O–H groups in total. The number of ether oxygens (including phenoxy) is 3. The summed E-state index contributed by atoms with van der Waals surface area (Å²) < 4.78 is 67.3. The zero-order valence-electron chi connectivity index (χ0n) is 18.2. The molecule has 178 valence electrons. The Morgan fingerprint density at radius 2 is 1.73 bits per heavy atom. The fourth-order valence-electron chi connectivity index (χ4n) is 2.88. The molecule has 0 saturated carbocycles. The maximum Gasteiger partial charge on any atom is 0.586 e. The van der Waals surface area contributed by atoms with Crippen LogP contribution in [0.15, 0.2) is 41.3 Å². The van der Waals surface area contributed by atoms with Crippen LogP contribution in [-0.2, 0) is 19.6 Å². The van der Waals surface area contributed by atoms with Crippen LogP contribution in [0.4, 0.5) is 14.5 Å². The number of hydrogen-bond donors (Lipinski definition) is 2. The van der Waals surface area contributed by atoms with Crippen LogP contribution in [0, 0.1) is 6.92 Å². The second kappa shape index (κ2) is 8.60. The van der Waals surface area contributed by atoms with Gasteiger partial charge in [-0.1, -0.05) is 6.07 Å². The van der Waals surface area contributed by atoms with Gasteiger partial charge >= 0.3 is 12.3 Å². The molecule has 9 nitrogen and oxygen atoms in total. The van der Waals surface area contributed by atoms with Crippen molar-refractivity contribution in [3.8, 4) is 11.5 Å². The lowest BCUT2D eigenvalue weighted by molar-refractivity contribution is -0.286. The summed E-state index contributed by atoms with van der Waals surface area (Å²) in [6, 6.07) is 7.62. The third-order valence-corrected chi connectivity index (χ3v) is 5.95. The molecule has 1 heterocycles. The number of amides is 1. The van der Waals surface area contributed by atoms with Crippen LogP contribution in [0.1, 0.15) is 36.7 Å². The van der Waals surface area contributed by atoms with Gasteiger partial charge in [-0.15, -0.1) is 8.78 Å². The Morgan fingerprint density at radius 1 is 1.06 bits per heavy atom. The molecule has 2 aromatic carbocycles. The van der Waals surface area contributed by atoms with Crippen LogP contribution in [0.3, 0.4) is 0 Å². The molecule has 33 heavy (non-hydrogen) atoms. The predicted octanol–water partition coefficient (Wildman–Crippen LogP) is 3.19. The average Bonchev–Trinajstić information content (AvgIpc) is 2.97. The van der Waals surface area contributed by atoms with E-state index in [4.69, 9.17) is 4.74 Å². The van der Waals surface area contributed by atoms with Gasteiger partial charge in [0.1, 0.15) is 0 Å². The van der Waals surface area contributed by atoms with E-state index < -0.39 is 40.3 Å². The summed E-state index contributed by atoms with van der Waals surface area (Å²) in [6.07, 6.45) is -3.79. The zero-order valence-corrected chi connectivity index (χ0v) is 19.0. The molecule has 2 aromatic rings. The predicted molar refractivity (Wildman–Crippen MR) is 113 cm³/mol. The molecule has 12 heteroatoms. The smallest absolute Gasteiger partial charge is 0.452 e.